The average molecular weight is 409 g/mol. The van der Waals surface area contributed by atoms with Gasteiger partial charge in [0.2, 0.25) is 10.0 Å². The van der Waals surface area contributed by atoms with Crippen LogP contribution < -0.4 is 15.8 Å². The topological polar surface area (TPSA) is 130 Å². The van der Waals surface area contributed by atoms with Gasteiger partial charge in [0, 0.05) is 12.1 Å². The number of benzene rings is 1. The number of hydrogen-bond acceptors (Lipinski definition) is 5. The Labute approximate surface area is 165 Å². The highest BCUT2D eigenvalue weighted by Gasteiger charge is 2.27. The highest BCUT2D eigenvalue weighted by molar-refractivity contribution is 7.89. The molecule has 5 N–H and O–H groups in total. The van der Waals surface area contributed by atoms with Crippen LogP contribution in [0.25, 0.3) is 0 Å². The molecule has 154 valence electrons. The first kappa shape index (κ1) is 21.9. The Morgan fingerprint density at radius 2 is 1.89 bits per heavy atom. The van der Waals surface area contributed by atoms with Crippen LogP contribution in [-0.4, -0.2) is 32.6 Å². The van der Waals surface area contributed by atoms with Crippen molar-refractivity contribution >= 4 is 16.0 Å². The number of nitrogens with one attached hydrogen (secondary N) is 2. The van der Waals surface area contributed by atoms with Crippen molar-refractivity contribution in [1.29, 1.82) is 0 Å². The summed E-state index contributed by atoms with van der Waals surface area (Å²) in [5, 5.41) is 22.2. The van der Waals surface area contributed by atoms with E-state index in [9.17, 15) is 13.5 Å². The van der Waals surface area contributed by atoms with Gasteiger partial charge in [-0.25, -0.2) is 18.5 Å². The summed E-state index contributed by atoms with van der Waals surface area (Å²) in [4.78, 5) is 4.54. The zero-order chi connectivity index (χ0) is 20.9. The van der Waals surface area contributed by atoms with Crippen molar-refractivity contribution in [3.63, 3.8) is 0 Å². The van der Waals surface area contributed by atoms with Gasteiger partial charge in [-0.2, -0.15) is 0 Å². The fourth-order valence-corrected chi connectivity index (χ4v) is 3.33. The average Bonchev–Trinajstić information content (AvgIpc) is 2.96. The quantitative estimate of drug-likeness (QED) is 0.406. The SMILES string of the molecule is CCNC(=NCc1ccc(S(N)(=O)=O)cc1)NCC(C)(O)c1cc(C)oc1C. The first-order valence-corrected chi connectivity index (χ1v) is 10.5. The molecule has 0 fully saturated rings. The number of aryl methyl sites for hydroxylation is 2. The minimum absolute atomic E-state index is 0.0621. The highest BCUT2D eigenvalue weighted by atomic mass is 32.2. The van der Waals surface area contributed by atoms with Crippen LogP contribution in [0.15, 0.2) is 44.6 Å². The lowest BCUT2D eigenvalue weighted by atomic mass is 9.96. The summed E-state index contributed by atoms with van der Waals surface area (Å²) in [5.41, 5.74) is 0.430. The van der Waals surface area contributed by atoms with Crippen LogP contribution in [-0.2, 0) is 22.2 Å². The first-order valence-electron chi connectivity index (χ1n) is 8.96. The van der Waals surface area contributed by atoms with E-state index in [1.165, 1.54) is 12.1 Å². The lowest BCUT2D eigenvalue weighted by molar-refractivity contribution is 0.0601. The molecule has 0 aliphatic heterocycles. The Morgan fingerprint density at radius 3 is 2.39 bits per heavy atom. The predicted octanol–water partition coefficient (Wildman–Crippen LogP) is 1.51. The maximum atomic E-state index is 11.3. The van der Waals surface area contributed by atoms with E-state index in [1.807, 2.05) is 26.8 Å². The van der Waals surface area contributed by atoms with E-state index < -0.39 is 15.6 Å². The number of nitrogens with two attached hydrogens (primary N) is 1. The summed E-state index contributed by atoms with van der Waals surface area (Å²) in [6.45, 7) is 8.55. The van der Waals surface area contributed by atoms with Crippen molar-refractivity contribution in [3.05, 3.63) is 53.0 Å². The lowest BCUT2D eigenvalue weighted by Crippen LogP contribution is -2.44. The summed E-state index contributed by atoms with van der Waals surface area (Å²) >= 11 is 0. The second kappa shape index (κ2) is 8.76. The normalized spacial score (nSPS) is 14.6. The molecule has 1 aromatic heterocycles. The molecule has 0 aliphatic carbocycles. The van der Waals surface area contributed by atoms with Crippen LogP contribution in [0.5, 0.6) is 0 Å². The number of hydrogen-bond donors (Lipinski definition) is 4. The number of sulfonamides is 1. The van der Waals surface area contributed by atoms with Crippen molar-refractivity contribution in [3.8, 4) is 0 Å². The number of aliphatic hydroxyl groups is 1. The van der Waals surface area contributed by atoms with Gasteiger partial charge in [-0.3, -0.25) is 0 Å². The molecular formula is C19H28N4O4S. The van der Waals surface area contributed by atoms with Gasteiger partial charge in [-0.05, 0) is 51.5 Å². The summed E-state index contributed by atoms with van der Waals surface area (Å²) in [7, 11) is -3.71. The molecule has 0 spiro atoms. The summed E-state index contributed by atoms with van der Waals surface area (Å²) in [5.74, 6) is 1.97. The van der Waals surface area contributed by atoms with E-state index in [0.29, 0.717) is 24.8 Å². The third-order valence-electron chi connectivity index (χ3n) is 4.24. The van der Waals surface area contributed by atoms with Gasteiger partial charge in [0.05, 0.1) is 18.0 Å². The van der Waals surface area contributed by atoms with Crippen LogP contribution in [0.2, 0.25) is 0 Å². The van der Waals surface area contributed by atoms with Crippen molar-refractivity contribution < 1.29 is 17.9 Å². The molecule has 0 amide bonds. The van der Waals surface area contributed by atoms with Crippen molar-refractivity contribution in [2.24, 2.45) is 10.1 Å². The molecule has 28 heavy (non-hydrogen) atoms. The van der Waals surface area contributed by atoms with E-state index in [2.05, 4.69) is 15.6 Å². The third kappa shape index (κ3) is 5.82. The zero-order valence-corrected chi connectivity index (χ0v) is 17.4. The van der Waals surface area contributed by atoms with Crippen LogP contribution >= 0.6 is 0 Å². The monoisotopic (exact) mass is 408 g/mol. The van der Waals surface area contributed by atoms with Crippen LogP contribution in [0.4, 0.5) is 0 Å². The van der Waals surface area contributed by atoms with Crippen LogP contribution in [0.1, 0.15) is 36.5 Å². The molecule has 0 bridgehead atoms. The van der Waals surface area contributed by atoms with Crippen molar-refractivity contribution in [2.75, 3.05) is 13.1 Å². The third-order valence-corrected chi connectivity index (χ3v) is 5.17. The molecule has 1 aromatic carbocycles. The number of aliphatic imine (C=N–C) groups is 1. The number of furan rings is 1. The molecule has 0 saturated heterocycles. The second-order valence-corrected chi connectivity index (χ2v) is 8.40. The van der Waals surface area contributed by atoms with Gasteiger partial charge in [0.1, 0.15) is 17.1 Å². The predicted molar refractivity (Wildman–Crippen MR) is 108 cm³/mol. The Balaban J connectivity index is 2.07. The Kier molecular flexibility index (Phi) is 6.87. The van der Waals surface area contributed by atoms with Crippen LogP contribution in [0, 0.1) is 13.8 Å². The van der Waals surface area contributed by atoms with Gasteiger partial charge >= 0.3 is 0 Å². The largest absolute Gasteiger partial charge is 0.466 e. The summed E-state index contributed by atoms with van der Waals surface area (Å²) in [6, 6.07) is 8.07. The standard InChI is InChI=1S/C19H28N4O4S/c1-5-21-18(22-11-15-6-8-16(9-7-15)28(20,25)26)23-12-19(4,24)17-10-13(2)27-14(17)3/h6-10,24H,5,11-12H2,1-4H3,(H2,20,25,26)(H2,21,22,23). The molecule has 0 radical (unpaired) electrons. The number of nitrogens with zero attached hydrogens (tertiary/aromatic N) is 1. The molecule has 0 saturated carbocycles. The Bertz CT molecular complexity index is 931. The van der Waals surface area contributed by atoms with Gasteiger partial charge in [0.25, 0.3) is 0 Å². The molecule has 1 unspecified atom stereocenters. The maximum absolute atomic E-state index is 11.3. The number of rotatable bonds is 7. The maximum Gasteiger partial charge on any atom is 0.238 e. The van der Waals surface area contributed by atoms with Gasteiger partial charge in [-0.15, -0.1) is 0 Å². The molecule has 8 nitrogen and oxygen atoms in total. The summed E-state index contributed by atoms with van der Waals surface area (Å²) < 4.78 is 28.1. The van der Waals surface area contributed by atoms with E-state index in [4.69, 9.17) is 9.56 Å². The van der Waals surface area contributed by atoms with Gasteiger partial charge < -0.3 is 20.2 Å². The molecule has 9 heteroatoms. The lowest BCUT2D eigenvalue weighted by Gasteiger charge is -2.24. The van der Waals surface area contributed by atoms with Gasteiger partial charge in [-0.1, -0.05) is 12.1 Å². The van der Waals surface area contributed by atoms with E-state index in [0.717, 1.165) is 16.9 Å². The minimum atomic E-state index is -3.71. The summed E-state index contributed by atoms with van der Waals surface area (Å²) in [6.07, 6.45) is 0. The van der Waals surface area contributed by atoms with Crippen molar-refractivity contribution in [2.45, 2.75) is 44.7 Å². The van der Waals surface area contributed by atoms with E-state index in [-0.39, 0.29) is 11.4 Å². The van der Waals surface area contributed by atoms with Gasteiger partial charge in [0.15, 0.2) is 5.96 Å². The molecule has 0 aliphatic rings. The minimum Gasteiger partial charge on any atom is -0.466 e. The molecule has 2 rings (SSSR count). The second-order valence-electron chi connectivity index (χ2n) is 6.84. The van der Waals surface area contributed by atoms with Crippen molar-refractivity contribution in [1.82, 2.24) is 10.6 Å². The Morgan fingerprint density at radius 1 is 1.25 bits per heavy atom. The fraction of sp³-hybridized carbons (Fsp3) is 0.421. The smallest absolute Gasteiger partial charge is 0.238 e. The van der Waals surface area contributed by atoms with E-state index in [1.54, 1.807) is 19.1 Å². The Hall–Kier alpha value is -2.36. The molecular weight excluding hydrogens is 380 g/mol. The number of primary sulfonamides is 1. The molecule has 1 heterocycles. The highest BCUT2D eigenvalue weighted by Crippen LogP contribution is 2.26. The molecule has 1 atom stereocenters. The molecule has 2 aromatic rings. The number of guanidine groups is 1. The zero-order valence-electron chi connectivity index (χ0n) is 16.6. The van der Waals surface area contributed by atoms with E-state index >= 15 is 0 Å². The fourth-order valence-electron chi connectivity index (χ4n) is 2.81. The van der Waals surface area contributed by atoms with Crippen LogP contribution in [0.3, 0.4) is 0 Å². The first-order chi connectivity index (χ1) is 13.0.